The summed E-state index contributed by atoms with van der Waals surface area (Å²) in [6.07, 6.45) is 15.3. The molecular weight excluding hydrogens is 340 g/mol. The van der Waals surface area contributed by atoms with Gasteiger partial charge in [-0.15, -0.1) is 0 Å². The zero-order valence-corrected chi connectivity index (χ0v) is 16.9. The van der Waals surface area contributed by atoms with Crippen LogP contribution in [0.3, 0.4) is 0 Å². The van der Waals surface area contributed by atoms with Crippen molar-refractivity contribution in [2.75, 3.05) is 13.2 Å². The fourth-order valence-electron chi connectivity index (χ4n) is 5.54. The predicted octanol–water partition coefficient (Wildman–Crippen LogP) is 4.12. The quantitative estimate of drug-likeness (QED) is 0.349. The van der Waals surface area contributed by atoms with Crippen molar-refractivity contribution in [2.24, 2.45) is 16.7 Å². The van der Waals surface area contributed by atoms with Crippen molar-refractivity contribution >= 4 is 5.97 Å². The summed E-state index contributed by atoms with van der Waals surface area (Å²) in [5, 5.41) is 11.5. The Morgan fingerprint density at radius 1 is 1.22 bits per heavy atom. The first-order chi connectivity index (χ1) is 12.7. The molecule has 4 atom stereocenters. The lowest BCUT2D eigenvalue weighted by atomic mass is 9.46. The molecule has 0 radical (unpaired) electrons. The van der Waals surface area contributed by atoms with Crippen molar-refractivity contribution in [1.82, 2.24) is 0 Å². The zero-order chi connectivity index (χ0) is 19.7. The summed E-state index contributed by atoms with van der Waals surface area (Å²) in [6, 6.07) is 0. The van der Waals surface area contributed by atoms with Gasteiger partial charge in [0, 0.05) is 17.4 Å². The van der Waals surface area contributed by atoms with Crippen LogP contribution in [0.25, 0.3) is 0 Å². The van der Waals surface area contributed by atoms with E-state index in [0.717, 1.165) is 24.8 Å². The van der Waals surface area contributed by atoms with Crippen LogP contribution < -0.4 is 0 Å². The van der Waals surface area contributed by atoms with E-state index < -0.39 is 5.60 Å². The van der Waals surface area contributed by atoms with Gasteiger partial charge in [-0.2, -0.15) is 0 Å². The molecule has 2 fully saturated rings. The first kappa shape index (κ1) is 20.1. The number of hydrogen-bond donors (Lipinski definition) is 1. The molecule has 0 bridgehead atoms. The van der Waals surface area contributed by atoms with E-state index in [4.69, 9.17) is 9.47 Å². The van der Waals surface area contributed by atoms with E-state index in [9.17, 15) is 9.90 Å². The van der Waals surface area contributed by atoms with Gasteiger partial charge in [-0.05, 0) is 36.8 Å². The molecule has 1 saturated carbocycles. The van der Waals surface area contributed by atoms with Crippen LogP contribution in [0.1, 0.15) is 47.0 Å². The Hall–Kier alpha value is -1.65. The third-order valence-electron chi connectivity index (χ3n) is 6.79. The van der Waals surface area contributed by atoms with Gasteiger partial charge < -0.3 is 14.6 Å². The van der Waals surface area contributed by atoms with Gasteiger partial charge in [0.15, 0.2) is 0 Å². The van der Waals surface area contributed by atoms with Crippen molar-refractivity contribution in [3.63, 3.8) is 0 Å². The Balaban J connectivity index is 1.88. The average Bonchev–Trinajstić information content (AvgIpc) is 2.96. The summed E-state index contributed by atoms with van der Waals surface area (Å²) < 4.78 is 11.5. The summed E-state index contributed by atoms with van der Waals surface area (Å²) in [6.45, 7) is 9.28. The molecule has 0 aromatic rings. The number of carbonyl (C=O) groups is 1. The number of esters is 1. The Labute approximate surface area is 162 Å². The summed E-state index contributed by atoms with van der Waals surface area (Å²) in [4.78, 5) is 12.4. The second-order valence-corrected chi connectivity index (χ2v) is 8.95. The van der Waals surface area contributed by atoms with Crippen LogP contribution in [-0.2, 0) is 14.3 Å². The molecule has 4 nitrogen and oxygen atoms in total. The topological polar surface area (TPSA) is 55.8 Å². The molecule has 2 aliphatic carbocycles. The minimum Gasteiger partial charge on any atom is -0.455 e. The summed E-state index contributed by atoms with van der Waals surface area (Å²) in [7, 11) is 0. The minimum atomic E-state index is -0.955. The molecular formula is C23H32O4. The second-order valence-electron chi connectivity index (χ2n) is 8.95. The lowest BCUT2D eigenvalue weighted by Gasteiger charge is -2.60. The van der Waals surface area contributed by atoms with Crippen LogP contribution >= 0.6 is 0 Å². The molecule has 148 valence electrons. The van der Waals surface area contributed by atoms with Gasteiger partial charge in [0.25, 0.3) is 0 Å². The Morgan fingerprint density at radius 3 is 2.70 bits per heavy atom. The van der Waals surface area contributed by atoms with Crippen molar-refractivity contribution in [3.8, 4) is 0 Å². The number of aliphatic hydroxyl groups is 1. The lowest BCUT2D eigenvalue weighted by molar-refractivity contribution is -0.186. The first-order valence-corrected chi connectivity index (χ1v) is 9.92. The fourth-order valence-corrected chi connectivity index (χ4v) is 5.54. The van der Waals surface area contributed by atoms with E-state index in [1.54, 1.807) is 12.2 Å². The van der Waals surface area contributed by atoms with Gasteiger partial charge in [-0.3, -0.25) is 0 Å². The molecule has 1 heterocycles. The number of fused-ring (bicyclic) bond motifs is 3. The van der Waals surface area contributed by atoms with Crippen LogP contribution in [0.2, 0.25) is 0 Å². The molecule has 3 rings (SSSR count). The zero-order valence-electron chi connectivity index (χ0n) is 16.9. The third kappa shape index (κ3) is 3.45. The minimum absolute atomic E-state index is 0.0339. The van der Waals surface area contributed by atoms with Crippen molar-refractivity contribution < 1.29 is 19.4 Å². The van der Waals surface area contributed by atoms with Crippen molar-refractivity contribution in [1.29, 1.82) is 0 Å². The maximum atomic E-state index is 12.4. The molecule has 0 spiro atoms. The highest BCUT2D eigenvalue weighted by Gasteiger charge is 2.65. The Kier molecular flexibility index (Phi) is 5.51. The summed E-state index contributed by atoms with van der Waals surface area (Å²) in [5.41, 5.74) is -0.485. The van der Waals surface area contributed by atoms with Gasteiger partial charge in [0.2, 0.25) is 0 Å². The monoisotopic (exact) mass is 372 g/mol. The van der Waals surface area contributed by atoms with E-state index in [1.807, 2.05) is 31.2 Å². The Morgan fingerprint density at radius 2 is 1.96 bits per heavy atom. The van der Waals surface area contributed by atoms with Crippen molar-refractivity contribution in [2.45, 2.75) is 58.7 Å². The van der Waals surface area contributed by atoms with Gasteiger partial charge in [-0.1, -0.05) is 57.6 Å². The van der Waals surface area contributed by atoms with Gasteiger partial charge in [0.05, 0.1) is 13.2 Å². The third-order valence-corrected chi connectivity index (χ3v) is 6.79. The number of rotatable bonds is 4. The Bertz CT molecular complexity index is 699. The summed E-state index contributed by atoms with van der Waals surface area (Å²) >= 11 is 0. The standard InChI is InChI=1S/C23H32O4/c1-5-6-7-8-9-11-19(24)27-18-14-17-15-26-16-23(17,25)22(4)13-10-12-21(2,3)20(18)22/h5-9,11,14,18,20,25H,10,12-13,15-16H2,1-4H3/b6-5+,8-7+,11-9+/t18-,20+,22+,23-/m1/s1. The molecule has 0 amide bonds. The van der Waals surface area contributed by atoms with E-state index in [0.29, 0.717) is 13.2 Å². The molecule has 3 aliphatic rings. The summed E-state index contributed by atoms with van der Waals surface area (Å²) in [5.74, 6) is -0.305. The molecule has 1 N–H and O–H groups in total. The van der Waals surface area contributed by atoms with E-state index >= 15 is 0 Å². The predicted molar refractivity (Wildman–Crippen MR) is 106 cm³/mol. The molecule has 1 aliphatic heterocycles. The number of carbonyl (C=O) groups excluding carboxylic acids is 1. The maximum Gasteiger partial charge on any atom is 0.331 e. The van der Waals surface area contributed by atoms with Crippen molar-refractivity contribution in [3.05, 3.63) is 48.1 Å². The van der Waals surface area contributed by atoms with Crippen LogP contribution in [-0.4, -0.2) is 36.0 Å². The van der Waals surface area contributed by atoms with Crippen LogP contribution in [0.15, 0.2) is 48.1 Å². The number of ether oxygens (including phenoxy) is 2. The van der Waals surface area contributed by atoms with E-state index in [-0.39, 0.29) is 28.8 Å². The first-order valence-electron chi connectivity index (χ1n) is 9.92. The molecule has 0 unspecified atom stereocenters. The van der Waals surface area contributed by atoms with Crippen LogP contribution in [0, 0.1) is 16.7 Å². The molecule has 4 heteroatoms. The van der Waals surface area contributed by atoms with E-state index in [2.05, 4.69) is 20.8 Å². The number of hydrogen-bond acceptors (Lipinski definition) is 4. The van der Waals surface area contributed by atoms with Crippen LogP contribution in [0.4, 0.5) is 0 Å². The van der Waals surface area contributed by atoms with Gasteiger partial charge in [0.1, 0.15) is 11.7 Å². The normalized spacial score (nSPS) is 38.2. The average molecular weight is 373 g/mol. The lowest BCUT2D eigenvalue weighted by Crippen LogP contribution is -2.63. The van der Waals surface area contributed by atoms with Crippen LogP contribution in [0.5, 0.6) is 0 Å². The fraction of sp³-hybridized carbons (Fsp3) is 0.609. The maximum absolute atomic E-state index is 12.4. The van der Waals surface area contributed by atoms with Gasteiger partial charge in [-0.25, -0.2) is 4.79 Å². The second kappa shape index (κ2) is 7.40. The molecule has 1 saturated heterocycles. The molecule has 0 aromatic heterocycles. The largest absolute Gasteiger partial charge is 0.455 e. The van der Waals surface area contributed by atoms with Gasteiger partial charge >= 0.3 is 5.97 Å². The molecule has 27 heavy (non-hydrogen) atoms. The SMILES string of the molecule is C/C=C/C=C/C=C/C(=O)O[C@@H]1C=C2COC[C@]2(O)[C@@]2(C)CCCC(C)(C)[C@H]12. The smallest absolute Gasteiger partial charge is 0.331 e. The van der Waals surface area contributed by atoms with E-state index in [1.165, 1.54) is 6.08 Å². The number of allylic oxidation sites excluding steroid dienone is 5. The highest BCUT2D eigenvalue weighted by Crippen LogP contribution is 2.62. The molecule has 0 aromatic carbocycles. The highest BCUT2D eigenvalue weighted by molar-refractivity contribution is 5.82. The highest BCUT2D eigenvalue weighted by atomic mass is 16.5.